The zero-order chi connectivity index (χ0) is 8.41. The van der Waals surface area contributed by atoms with Gasteiger partial charge in [0, 0.05) is 25.3 Å². The van der Waals surface area contributed by atoms with Crippen molar-refractivity contribution in [1.29, 1.82) is 0 Å². The molecule has 0 unspecified atom stereocenters. The van der Waals surface area contributed by atoms with E-state index in [-0.39, 0.29) is 0 Å². The van der Waals surface area contributed by atoms with Crippen LogP contribution in [0.4, 0.5) is 0 Å². The Morgan fingerprint density at radius 2 is 2.00 bits per heavy atom. The normalized spacial score (nSPS) is 7.60. The van der Waals surface area contributed by atoms with Gasteiger partial charge in [-0.25, -0.2) is 0 Å². The third-order valence-corrected chi connectivity index (χ3v) is 1.31. The number of carbonyl (C=O) groups excluding carboxylic acids is 1. The van der Waals surface area contributed by atoms with Crippen LogP contribution in [0.5, 0.6) is 0 Å². The second-order valence-electron chi connectivity index (χ2n) is 1.80. The minimum absolute atomic E-state index is 0.750. The van der Waals surface area contributed by atoms with Crippen molar-refractivity contribution in [2.45, 2.75) is 6.42 Å². The van der Waals surface area contributed by atoms with E-state index in [0.717, 1.165) is 24.0 Å². The summed E-state index contributed by atoms with van der Waals surface area (Å²) < 4.78 is 0. The van der Waals surface area contributed by atoms with Gasteiger partial charge in [0.15, 0.2) is 0 Å². The summed E-state index contributed by atoms with van der Waals surface area (Å²) in [6, 6.07) is 0. The number of rotatable bonds is 3. The number of carbonyl (C=O) groups is 1. The van der Waals surface area contributed by atoms with Gasteiger partial charge in [0.05, 0.1) is 0 Å². The molecule has 0 spiro atoms. The molecule has 0 aliphatic carbocycles. The summed E-state index contributed by atoms with van der Waals surface area (Å²) in [6.07, 6.45) is 1.82. The molecule has 1 amide bonds. The van der Waals surface area contributed by atoms with Crippen molar-refractivity contribution >= 4 is 33.9 Å². The molecule has 0 N–H and O–H groups in total. The van der Waals surface area contributed by atoms with Crippen LogP contribution in [-0.2, 0) is 4.79 Å². The van der Waals surface area contributed by atoms with Gasteiger partial charge in [-0.05, 0) is 6.42 Å². The first-order chi connectivity index (χ1) is 4.68. The van der Waals surface area contributed by atoms with Crippen LogP contribution in [-0.4, -0.2) is 36.6 Å². The van der Waals surface area contributed by atoms with Crippen molar-refractivity contribution in [3.8, 4) is 0 Å². The van der Waals surface area contributed by atoms with Gasteiger partial charge in [-0.2, -0.15) is 0 Å². The van der Waals surface area contributed by atoms with Gasteiger partial charge in [0.25, 0.3) is 0 Å². The van der Waals surface area contributed by atoms with E-state index < -0.39 is 0 Å². The molecule has 0 saturated heterocycles. The van der Waals surface area contributed by atoms with Crippen molar-refractivity contribution in [3.63, 3.8) is 0 Å². The van der Waals surface area contributed by atoms with Crippen LogP contribution in [0.15, 0.2) is 0 Å². The first-order valence-electron chi connectivity index (χ1n) is 2.92. The van der Waals surface area contributed by atoms with E-state index in [4.69, 9.17) is 11.6 Å². The van der Waals surface area contributed by atoms with E-state index in [2.05, 4.69) is 15.9 Å². The zero-order valence-electron chi connectivity index (χ0n) is 6.31. The molecule has 0 aromatic heterocycles. The van der Waals surface area contributed by atoms with Gasteiger partial charge >= 0.3 is 0 Å². The highest BCUT2D eigenvalue weighted by Gasteiger charge is 1.71. The lowest BCUT2D eigenvalue weighted by Gasteiger charge is -1.93. The topological polar surface area (TPSA) is 20.3 Å². The van der Waals surface area contributed by atoms with Crippen LogP contribution in [0.25, 0.3) is 0 Å². The Morgan fingerprint density at radius 3 is 2.00 bits per heavy atom. The van der Waals surface area contributed by atoms with Crippen molar-refractivity contribution in [1.82, 2.24) is 4.90 Å². The quantitative estimate of drug-likeness (QED) is 0.534. The van der Waals surface area contributed by atoms with Gasteiger partial charge in [-0.1, -0.05) is 15.9 Å². The fourth-order valence-corrected chi connectivity index (χ4v) is 0.787. The van der Waals surface area contributed by atoms with Gasteiger partial charge in [0.2, 0.25) is 6.41 Å². The summed E-state index contributed by atoms with van der Waals surface area (Å²) in [5.74, 6) is 0.769. The Bertz CT molecular complexity index is 68.8. The fraction of sp³-hybridized carbons (Fsp3) is 0.833. The maximum absolute atomic E-state index is 9.43. The molecule has 0 heterocycles. The van der Waals surface area contributed by atoms with Gasteiger partial charge in [-0.15, -0.1) is 11.6 Å². The molecule has 0 aromatic carbocycles. The summed E-state index contributed by atoms with van der Waals surface area (Å²) in [6.45, 7) is 0. The second-order valence-corrected chi connectivity index (χ2v) is 2.97. The smallest absolute Gasteiger partial charge is 0.209 e. The molecule has 0 rings (SSSR count). The number of halogens is 2. The van der Waals surface area contributed by atoms with Gasteiger partial charge < -0.3 is 4.90 Å². The largest absolute Gasteiger partial charge is 0.351 e. The zero-order valence-corrected chi connectivity index (χ0v) is 8.65. The molecular weight excluding hydrogens is 217 g/mol. The molecule has 0 aliphatic rings. The van der Waals surface area contributed by atoms with Crippen LogP contribution in [0, 0.1) is 0 Å². The molecule has 2 nitrogen and oxygen atoms in total. The lowest BCUT2D eigenvalue weighted by atomic mass is 10.6. The van der Waals surface area contributed by atoms with Crippen LogP contribution in [0.2, 0.25) is 0 Å². The summed E-state index contributed by atoms with van der Waals surface area (Å²) in [7, 11) is 3.38. The van der Waals surface area contributed by atoms with Crippen molar-refractivity contribution < 1.29 is 4.79 Å². The van der Waals surface area contributed by atoms with E-state index in [1.807, 2.05) is 0 Å². The van der Waals surface area contributed by atoms with E-state index in [1.54, 1.807) is 14.1 Å². The molecule has 62 valence electrons. The van der Waals surface area contributed by atoms with Gasteiger partial charge in [0.1, 0.15) is 0 Å². The highest BCUT2D eigenvalue weighted by molar-refractivity contribution is 9.09. The summed E-state index contributed by atoms with van der Waals surface area (Å²) in [5, 5.41) is 1.02. The molecule has 4 heteroatoms. The average molecular weight is 231 g/mol. The average Bonchev–Trinajstić information content (AvgIpc) is 1.91. The summed E-state index contributed by atoms with van der Waals surface area (Å²) >= 11 is 8.50. The molecule has 0 atom stereocenters. The van der Waals surface area contributed by atoms with Crippen LogP contribution >= 0.6 is 27.5 Å². The Balaban J connectivity index is 0. The van der Waals surface area contributed by atoms with Crippen molar-refractivity contribution in [3.05, 3.63) is 0 Å². The minimum Gasteiger partial charge on any atom is -0.351 e. The van der Waals surface area contributed by atoms with E-state index >= 15 is 0 Å². The lowest BCUT2D eigenvalue weighted by Crippen LogP contribution is -2.06. The van der Waals surface area contributed by atoms with E-state index in [1.165, 1.54) is 4.90 Å². The highest BCUT2D eigenvalue weighted by Crippen LogP contribution is 1.87. The second kappa shape index (κ2) is 12.0. The first kappa shape index (κ1) is 12.9. The molecule has 0 bridgehead atoms. The third-order valence-electron chi connectivity index (χ3n) is 0.478. The molecule has 10 heavy (non-hydrogen) atoms. The van der Waals surface area contributed by atoms with E-state index in [9.17, 15) is 4.79 Å². The first-order valence-corrected chi connectivity index (χ1v) is 4.58. The SMILES string of the molecule is CN(C)C=O.ClCCCBr. The Labute approximate surface area is 75.7 Å². The monoisotopic (exact) mass is 229 g/mol. The predicted molar refractivity (Wildman–Crippen MR) is 48.9 cm³/mol. The number of amides is 1. The molecule has 0 saturated carbocycles. The molecule has 0 fully saturated rings. The van der Waals surface area contributed by atoms with Crippen molar-refractivity contribution in [2.24, 2.45) is 0 Å². The standard InChI is InChI=1S/C3H6BrCl.C3H7NO/c4-2-1-3-5;1-4(2)3-5/h1-3H2;3H,1-2H3. The highest BCUT2D eigenvalue weighted by atomic mass is 79.9. The Hall–Kier alpha value is 0.240. The van der Waals surface area contributed by atoms with Crippen LogP contribution in [0.1, 0.15) is 6.42 Å². The lowest BCUT2D eigenvalue weighted by molar-refractivity contribution is -0.115. The van der Waals surface area contributed by atoms with Crippen LogP contribution < -0.4 is 0 Å². The Morgan fingerprint density at radius 1 is 1.60 bits per heavy atom. The maximum atomic E-state index is 9.43. The number of hydrogen-bond acceptors (Lipinski definition) is 1. The third kappa shape index (κ3) is 24.0. The molecule has 0 radical (unpaired) electrons. The predicted octanol–water partition coefficient (Wildman–Crippen LogP) is 1.71. The fourth-order valence-electron chi connectivity index (χ4n) is 0.0505. The van der Waals surface area contributed by atoms with Crippen molar-refractivity contribution in [2.75, 3.05) is 25.3 Å². The van der Waals surface area contributed by atoms with E-state index in [0.29, 0.717) is 0 Å². The number of alkyl halides is 2. The Kier molecular flexibility index (Phi) is 15.4. The number of nitrogens with zero attached hydrogens (tertiary/aromatic N) is 1. The molecule has 0 aromatic rings. The number of hydrogen-bond donors (Lipinski definition) is 0. The maximum Gasteiger partial charge on any atom is 0.209 e. The summed E-state index contributed by atoms with van der Waals surface area (Å²) in [4.78, 5) is 10.9. The molecule has 0 aliphatic heterocycles. The minimum atomic E-state index is 0.750. The molecular formula is C6H13BrClNO. The van der Waals surface area contributed by atoms with Crippen LogP contribution in [0.3, 0.4) is 0 Å². The summed E-state index contributed by atoms with van der Waals surface area (Å²) in [5.41, 5.74) is 0. The van der Waals surface area contributed by atoms with Gasteiger partial charge in [-0.3, -0.25) is 4.79 Å².